The van der Waals surface area contributed by atoms with Crippen molar-refractivity contribution in [2.45, 2.75) is 39.7 Å². The Balaban J connectivity index is 1.55. The number of hydrogen-bond donors (Lipinski definition) is 1. The Morgan fingerprint density at radius 2 is 1.84 bits per heavy atom. The Morgan fingerprint density at radius 1 is 1.08 bits per heavy atom. The first-order chi connectivity index (χ1) is 12.0. The summed E-state index contributed by atoms with van der Waals surface area (Å²) in [5.74, 6) is 1.61. The minimum Gasteiger partial charge on any atom is -0.486 e. The fourth-order valence-electron chi connectivity index (χ4n) is 3.20. The molecule has 0 aromatic heterocycles. The molecule has 1 aliphatic rings. The maximum absolute atomic E-state index is 12.3. The van der Waals surface area contributed by atoms with Crippen LogP contribution in [0.25, 0.3) is 0 Å². The van der Waals surface area contributed by atoms with Crippen LogP contribution in [0.5, 0.6) is 11.5 Å². The molecule has 25 heavy (non-hydrogen) atoms. The van der Waals surface area contributed by atoms with Crippen molar-refractivity contribution in [3.63, 3.8) is 0 Å². The first kappa shape index (κ1) is 17.3. The van der Waals surface area contributed by atoms with E-state index in [-0.39, 0.29) is 11.9 Å². The monoisotopic (exact) mass is 339 g/mol. The number of hydrogen-bond acceptors (Lipinski definition) is 3. The number of carbonyl (C=O) groups excluding carboxylic acids is 1. The normalized spacial score (nSPS) is 14.0. The molecule has 0 saturated carbocycles. The van der Waals surface area contributed by atoms with Crippen LogP contribution in [0.2, 0.25) is 0 Å². The number of fused-ring (bicyclic) bond motifs is 1. The molecule has 2 aromatic rings. The van der Waals surface area contributed by atoms with Crippen LogP contribution < -0.4 is 14.8 Å². The van der Waals surface area contributed by atoms with E-state index in [2.05, 4.69) is 37.4 Å². The fourth-order valence-corrected chi connectivity index (χ4v) is 3.20. The zero-order valence-electron chi connectivity index (χ0n) is 15.1. The third kappa shape index (κ3) is 4.32. The predicted molar refractivity (Wildman–Crippen MR) is 98.2 cm³/mol. The van der Waals surface area contributed by atoms with Gasteiger partial charge in [-0.1, -0.05) is 29.8 Å². The highest BCUT2D eigenvalue weighted by Gasteiger charge is 2.14. The Morgan fingerprint density at radius 3 is 2.60 bits per heavy atom. The van der Waals surface area contributed by atoms with Crippen molar-refractivity contribution in [3.8, 4) is 11.5 Å². The van der Waals surface area contributed by atoms with Gasteiger partial charge in [0, 0.05) is 6.42 Å². The van der Waals surface area contributed by atoms with Crippen LogP contribution in [-0.2, 0) is 11.2 Å². The van der Waals surface area contributed by atoms with Gasteiger partial charge in [0.05, 0.1) is 6.04 Å². The van der Waals surface area contributed by atoms with Crippen LogP contribution in [0, 0.1) is 13.8 Å². The van der Waals surface area contributed by atoms with Crippen molar-refractivity contribution in [2.75, 3.05) is 13.2 Å². The SMILES string of the molecule is Cc1ccc([C@H](C)NC(=O)CCc2ccc3c(c2)OCCO3)c(C)c1. The number of benzene rings is 2. The number of nitrogens with one attached hydrogen (secondary N) is 1. The molecule has 2 aromatic carbocycles. The predicted octanol–water partition coefficient (Wildman–Crippen LogP) is 3.88. The molecule has 1 heterocycles. The van der Waals surface area contributed by atoms with Crippen LogP contribution in [0.15, 0.2) is 36.4 Å². The summed E-state index contributed by atoms with van der Waals surface area (Å²) < 4.78 is 11.1. The van der Waals surface area contributed by atoms with E-state index in [1.54, 1.807) is 0 Å². The van der Waals surface area contributed by atoms with Gasteiger partial charge in [-0.3, -0.25) is 4.79 Å². The van der Waals surface area contributed by atoms with E-state index in [9.17, 15) is 4.79 Å². The average Bonchev–Trinajstić information content (AvgIpc) is 2.59. The molecule has 0 unspecified atom stereocenters. The van der Waals surface area contributed by atoms with Crippen molar-refractivity contribution < 1.29 is 14.3 Å². The summed E-state index contributed by atoms with van der Waals surface area (Å²) in [7, 11) is 0. The molecule has 1 aliphatic heterocycles. The lowest BCUT2D eigenvalue weighted by molar-refractivity contribution is -0.121. The third-order valence-corrected chi connectivity index (χ3v) is 4.52. The van der Waals surface area contributed by atoms with Gasteiger partial charge in [0.1, 0.15) is 13.2 Å². The summed E-state index contributed by atoms with van der Waals surface area (Å²) in [6.45, 7) is 7.35. The largest absolute Gasteiger partial charge is 0.486 e. The van der Waals surface area contributed by atoms with Crippen molar-refractivity contribution >= 4 is 5.91 Å². The summed E-state index contributed by atoms with van der Waals surface area (Å²) in [6, 6.07) is 12.2. The second-order valence-corrected chi connectivity index (χ2v) is 6.63. The second-order valence-electron chi connectivity index (χ2n) is 6.63. The first-order valence-corrected chi connectivity index (χ1v) is 8.78. The molecule has 0 saturated heterocycles. The number of aryl methyl sites for hydroxylation is 3. The second kappa shape index (κ2) is 7.60. The Hall–Kier alpha value is -2.49. The highest BCUT2D eigenvalue weighted by Crippen LogP contribution is 2.31. The number of carbonyl (C=O) groups is 1. The van der Waals surface area contributed by atoms with E-state index >= 15 is 0 Å². The van der Waals surface area contributed by atoms with Crippen LogP contribution in [0.4, 0.5) is 0 Å². The third-order valence-electron chi connectivity index (χ3n) is 4.52. The average molecular weight is 339 g/mol. The molecule has 3 rings (SSSR count). The molecule has 132 valence electrons. The van der Waals surface area contributed by atoms with Crippen molar-refractivity contribution in [1.29, 1.82) is 0 Å². The molecule has 0 fully saturated rings. The van der Waals surface area contributed by atoms with Crippen molar-refractivity contribution in [3.05, 3.63) is 58.7 Å². The molecule has 1 atom stereocenters. The van der Waals surface area contributed by atoms with E-state index in [1.165, 1.54) is 16.7 Å². The molecular weight excluding hydrogens is 314 g/mol. The fraction of sp³-hybridized carbons (Fsp3) is 0.381. The van der Waals surface area contributed by atoms with Gasteiger partial charge in [-0.2, -0.15) is 0 Å². The van der Waals surface area contributed by atoms with Gasteiger partial charge >= 0.3 is 0 Å². The molecule has 0 bridgehead atoms. The lowest BCUT2D eigenvalue weighted by Gasteiger charge is -2.19. The first-order valence-electron chi connectivity index (χ1n) is 8.78. The molecule has 4 nitrogen and oxygen atoms in total. The van der Waals surface area contributed by atoms with Gasteiger partial charge in [0.25, 0.3) is 0 Å². The molecule has 0 spiro atoms. The lowest BCUT2D eigenvalue weighted by atomic mass is 10.00. The zero-order valence-corrected chi connectivity index (χ0v) is 15.1. The van der Waals surface area contributed by atoms with Gasteiger partial charge in [-0.15, -0.1) is 0 Å². The van der Waals surface area contributed by atoms with Crippen molar-refractivity contribution in [1.82, 2.24) is 5.32 Å². The zero-order chi connectivity index (χ0) is 17.8. The summed E-state index contributed by atoms with van der Waals surface area (Å²) in [5.41, 5.74) is 4.69. The standard InChI is InChI=1S/C21H25NO3/c1-14-4-7-18(15(2)12-14)16(3)22-21(23)9-6-17-5-8-19-20(13-17)25-11-10-24-19/h4-5,7-8,12-13,16H,6,9-11H2,1-3H3,(H,22,23)/t16-/m0/s1. The van der Waals surface area contributed by atoms with Gasteiger partial charge in [-0.05, 0) is 56.0 Å². The van der Waals surface area contributed by atoms with Crippen LogP contribution in [-0.4, -0.2) is 19.1 Å². The van der Waals surface area contributed by atoms with E-state index in [0.29, 0.717) is 26.1 Å². The maximum Gasteiger partial charge on any atom is 0.220 e. The number of rotatable bonds is 5. The molecule has 1 N–H and O–H groups in total. The Bertz CT molecular complexity index is 770. The maximum atomic E-state index is 12.3. The topological polar surface area (TPSA) is 47.6 Å². The number of ether oxygens (including phenoxy) is 2. The van der Waals surface area contributed by atoms with Crippen LogP contribution in [0.1, 0.15) is 41.6 Å². The van der Waals surface area contributed by atoms with Crippen LogP contribution in [0.3, 0.4) is 0 Å². The van der Waals surface area contributed by atoms with Crippen molar-refractivity contribution in [2.24, 2.45) is 0 Å². The molecule has 1 amide bonds. The number of amides is 1. The van der Waals surface area contributed by atoms with Gasteiger partial charge in [-0.25, -0.2) is 0 Å². The highest BCUT2D eigenvalue weighted by molar-refractivity contribution is 5.76. The summed E-state index contributed by atoms with van der Waals surface area (Å²) in [6.07, 6.45) is 1.14. The van der Waals surface area contributed by atoms with Gasteiger partial charge in [0.2, 0.25) is 5.91 Å². The summed E-state index contributed by atoms with van der Waals surface area (Å²) in [4.78, 5) is 12.3. The van der Waals surface area contributed by atoms with E-state index < -0.39 is 0 Å². The van der Waals surface area contributed by atoms with Gasteiger partial charge in [0.15, 0.2) is 11.5 Å². The van der Waals surface area contributed by atoms with E-state index in [1.807, 2.05) is 25.1 Å². The van der Waals surface area contributed by atoms with E-state index in [4.69, 9.17) is 9.47 Å². The minimum absolute atomic E-state index is 0.00775. The molecule has 0 aliphatic carbocycles. The van der Waals surface area contributed by atoms with Crippen LogP contribution >= 0.6 is 0 Å². The smallest absolute Gasteiger partial charge is 0.220 e. The highest BCUT2D eigenvalue weighted by atomic mass is 16.6. The summed E-state index contributed by atoms with van der Waals surface area (Å²) >= 11 is 0. The van der Waals surface area contributed by atoms with E-state index in [0.717, 1.165) is 17.1 Å². The molecular formula is C21H25NO3. The van der Waals surface area contributed by atoms with Gasteiger partial charge < -0.3 is 14.8 Å². The summed E-state index contributed by atoms with van der Waals surface area (Å²) in [5, 5.41) is 3.09. The molecule has 0 radical (unpaired) electrons. The Labute approximate surface area is 149 Å². The lowest BCUT2D eigenvalue weighted by Crippen LogP contribution is -2.27. The quantitative estimate of drug-likeness (QED) is 0.899. The Kier molecular flexibility index (Phi) is 5.27. The minimum atomic E-state index is 0.00775. The molecule has 4 heteroatoms.